The van der Waals surface area contributed by atoms with Gasteiger partial charge in [0.1, 0.15) is 0 Å². The second-order valence-corrected chi connectivity index (χ2v) is 6.55. The molecule has 0 aromatic heterocycles. The Hall–Kier alpha value is -0.860. The Labute approximate surface area is 119 Å². The van der Waals surface area contributed by atoms with Crippen molar-refractivity contribution in [3.05, 3.63) is 35.4 Å². The van der Waals surface area contributed by atoms with E-state index in [9.17, 15) is 0 Å². The summed E-state index contributed by atoms with van der Waals surface area (Å²) in [5.41, 5.74) is 3.07. The summed E-state index contributed by atoms with van der Waals surface area (Å²) < 4.78 is 0. The topological polar surface area (TPSA) is 15.3 Å². The highest BCUT2D eigenvalue weighted by atomic mass is 15.1. The molecular formula is C17H30N2. The third-order valence-corrected chi connectivity index (χ3v) is 3.95. The van der Waals surface area contributed by atoms with Crippen LogP contribution in [0.15, 0.2) is 24.3 Å². The second-order valence-electron chi connectivity index (χ2n) is 6.55. The van der Waals surface area contributed by atoms with Crippen LogP contribution in [0.3, 0.4) is 0 Å². The maximum absolute atomic E-state index is 3.35. The molecule has 1 aromatic rings. The van der Waals surface area contributed by atoms with Crippen molar-refractivity contribution in [3.63, 3.8) is 0 Å². The summed E-state index contributed by atoms with van der Waals surface area (Å²) in [4.78, 5) is 2.43. The Morgan fingerprint density at radius 3 is 2.11 bits per heavy atom. The standard InChI is InChI=1S/C17H30N2/c1-7-18-12-15-8-10-16(11-9-15)13-19(6)14(2)17(3,4)5/h8-11,14,18H,7,12-13H2,1-6H3. The molecule has 1 unspecified atom stereocenters. The molecule has 2 heteroatoms. The summed E-state index contributed by atoms with van der Waals surface area (Å²) in [7, 11) is 2.21. The highest BCUT2D eigenvalue weighted by Crippen LogP contribution is 2.24. The average Bonchev–Trinajstić information content (AvgIpc) is 2.36. The molecule has 0 fully saturated rings. The summed E-state index contributed by atoms with van der Waals surface area (Å²) in [6.45, 7) is 14.3. The van der Waals surface area contributed by atoms with Gasteiger partial charge in [-0.15, -0.1) is 0 Å². The molecule has 19 heavy (non-hydrogen) atoms. The van der Waals surface area contributed by atoms with Gasteiger partial charge in [-0.2, -0.15) is 0 Å². The van der Waals surface area contributed by atoms with Crippen LogP contribution in [-0.2, 0) is 13.1 Å². The van der Waals surface area contributed by atoms with E-state index in [1.807, 2.05) is 0 Å². The molecule has 0 spiro atoms. The average molecular weight is 262 g/mol. The van der Waals surface area contributed by atoms with Gasteiger partial charge < -0.3 is 5.32 Å². The van der Waals surface area contributed by atoms with Gasteiger partial charge in [-0.25, -0.2) is 0 Å². The normalized spacial score (nSPS) is 13.8. The van der Waals surface area contributed by atoms with Crippen molar-refractivity contribution in [2.45, 2.75) is 53.8 Å². The molecule has 0 amide bonds. The van der Waals surface area contributed by atoms with Crippen molar-refractivity contribution in [2.24, 2.45) is 5.41 Å². The molecule has 1 rings (SSSR count). The van der Waals surface area contributed by atoms with Crippen molar-refractivity contribution in [1.82, 2.24) is 10.2 Å². The Bertz CT molecular complexity index is 362. The maximum atomic E-state index is 3.35. The number of hydrogen-bond donors (Lipinski definition) is 1. The van der Waals surface area contributed by atoms with Gasteiger partial charge in [-0.1, -0.05) is 52.0 Å². The zero-order valence-electron chi connectivity index (χ0n) is 13.5. The first-order valence-electron chi connectivity index (χ1n) is 7.33. The molecule has 0 radical (unpaired) electrons. The highest BCUT2D eigenvalue weighted by molar-refractivity contribution is 5.22. The first-order chi connectivity index (χ1) is 8.84. The lowest BCUT2D eigenvalue weighted by Gasteiger charge is -2.35. The van der Waals surface area contributed by atoms with Crippen LogP contribution in [0.5, 0.6) is 0 Å². The lowest BCUT2D eigenvalue weighted by atomic mass is 9.87. The number of nitrogens with one attached hydrogen (secondary N) is 1. The fraction of sp³-hybridized carbons (Fsp3) is 0.647. The van der Waals surface area contributed by atoms with Crippen LogP contribution in [0.1, 0.15) is 45.7 Å². The number of nitrogens with zero attached hydrogens (tertiary/aromatic N) is 1. The van der Waals surface area contributed by atoms with E-state index in [0.29, 0.717) is 11.5 Å². The predicted octanol–water partition coefficient (Wildman–Crippen LogP) is 3.66. The lowest BCUT2D eigenvalue weighted by Crippen LogP contribution is -2.38. The summed E-state index contributed by atoms with van der Waals surface area (Å²) in [6, 6.07) is 9.52. The third kappa shape index (κ3) is 5.33. The minimum atomic E-state index is 0.319. The number of benzene rings is 1. The first kappa shape index (κ1) is 16.2. The van der Waals surface area contributed by atoms with Crippen LogP contribution >= 0.6 is 0 Å². The Kier molecular flexibility index (Phi) is 6.02. The molecule has 0 bridgehead atoms. The summed E-state index contributed by atoms with van der Waals surface area (Å²) >= 11 is 0. The van der Waals surface area contributed by atoms with Crippen LogP contribution < -0.4 is 5.32 Å². The SMILES string of the molecule is CCNCc1ccc(CN(C)C(C)C(C)(C)C)cc1. The summed E-state index contributed by atoms with van der Waals surface area (Å²) in [5.74, 6) is 0. The van der Waals surface area contributed by atoms with E-state index in [1.54, 1.807) is 0 Å². The molecule has 108 valence electrons. The van der Waals surface area contributed by atoms with Crippen molar-refractivity contribution in [2.75, 3.05) is 13.6 Å². The first-order valence-corrected chi connectivity index (χ1v) is 7.33. The second kappa shape index (κ2) is 7.06. The summed E-state index contributed by atoms with van der Waals surface area (Å²) in [6.07, 6.45) is 0. The van der Waals surface area contributed by atoms with Crippen LogP contribution in [0, 0.1) is 5.41 Å². The smallest absolute Gasteiger partial charge is 0.0233 e. The molecule has 0 heterocycles. The zero-order valence-corrected chi connectivity index (χ0v) is 13.5. The van der Waals surface area contributed by atoms with Crippen molar-refractivity contribution < 1.29 is 0 Å². The van der Waals surface area contributed by atoms with Gasteiger partial charge in [0, 0.05) is 19.1 Å². The van der Waals surface area contributed by atoms with Gasteiger partial charge in [0.15, 0.2) is 0 Å². The van der Waals surface area contributed by atoms with E-state index < -0.39 is 0 Å². The van der Waals surface area contributed by atoms with E-state index >= 15 is 0 Å². The highest BCUT2D eigenvalue weighted by Gasteiger charge is 2.23. The molecule has 0 aliphatic heterocycles. The van der Waals surface area contributed by atoms with Gasteiger partial charge in [0.05, 0.1) is 0 Å². The van der Waals surface area contributed by atoms with Crippen molar-refractivity contribution in [1.29, 1.82) is 0 Å². The van der Waals surface area contributed by atoms with Gasteiger partial charge in [0.25, 0.3) is 0 Å². The monoisotopic (exact) mass is 262 g/mol. The minimum Gasteiger partial charge on any atom is -0.313 e. The van der Waals surface area contributed by atoms with E-state index in [2.05, 4.69) is 76.1 Å². The van der Waals surface area contributed by atoms with Crippen molar-refractivity contribution >= 4 is 0 Å². The molecule has 0 aliphatic carbocycles. The molecular weight excluding hydrogens is 232 g/mol. The quantitative estimate of drug-likeness (QED) is 0.841. The molecule has 0 aliphatic rings. The molecule has 1 atom stereocenters. The van der Waals surface area contributed by atoms with Crippen LogP contribution in [-0.4, -0.2) is 24.5 Å². The fourth-order valence-electron chi connectivity index (χ4n) is 2.12. The zero-order chi connectivity index (χ0) is 14.5. The molecule has 0 saturated carbocycles. The fourth-order valence-corrected chi connectivity index (χ4v) is 2.12. The van der Waals surface area contributed by atoms with Crippen LogP contribution in [0.4, 0.5) is 0 Å². The number of rotatable bonds is 6. The lowest BCUT2D eigenvalue weighted by molar-refractivity contribution is 0.134. The van der Waals surface area contributed by atoms with Gasteiger partial charge in [-0.3, -0.25) is 4.90 Å². The van der Waals surface area contributed by atoms with Gasteiger partial charge in [-0.05, 0) is 37.1 Å². The van der Waals surface area contributed by atoms with E-state index in [-0.39, 0.29) is 0 Å². The maximum Gasteiger partial charge on any atom is 0.0233 e. The van der Waals surface area contributed by atoms with Crippen LogP contribution in [0.25, 0.3) is 0 Å². The Balaban J connectivity index is 2.58. The Morgan fingerprint density at radius 2 is 1.63 bits per heavy atom. The molecule has 1 N–H and O–H groups in total. The largest absolute Gasteiger partial charge is 0.313 e. The van der Waals surface area contributed by atoms with Gasteiger partial charge >= 0.3 is 0 Å². The van der Waals surface area contributed by atoms with E-state index in [0.717, 1.165) is 19.6 Å². The van der Waals surface area contributed by atoms with Crippen LogP contribution in [0.2, 0.25) is 0 Å². The van der Waals surface area contributed by atoms with Gasteiger partial charge in [0.2, 0.25) is 0 Å². The van der Waals surface area contributed by atoms with Crippen molar-refractivity contribution in [3.8, 4) is 0 Å². The predicted molar refractivity (Wildman–Crippen MR) is 84.2 cm³/mol. The number of hydrogen-bond acceptors (Lipinski definition) is 2. The van der Waals surface area contributed by atoms with E-state index in [1.165, 1.54) is 11.1 Å². The molecule has 0 saturated heterocycles. The molecule has 1 aromatic carbocycles. The van der Waals surface area contributed by atoms with E-state index in [4.69, 9.17) is 0 Å². The third-order valence-electron chi connectivity index (χ3n) is 3.95. The molecule has 2 nitrogen and oxygen atoms in total. The minimum absolute atomic E-state index is 0.319. The summed E-state index contributed by atoms with van der Waals surface area (Å²) in [5, 5.41) is 3.35. The Morgan fingerprint density at radius 1 is 1.11 bits per heavy atom.